The largest absolute Gasteiger partial charge is 0.428 e. The summed E-state index contributed by atoms with van der Waals surface area (Å²) in [5.74, 6) is -1.22. The van der Waals surface area contributed by atoms with Gasteiger partial charge in [0.1, 0.15) is 11.3 Å². The Labute approximate surface area is 127 Å². The van der Waals surface area contributed by atoms with Crippen molar-refractivity contribution in [1.29, 1.82) is 10.7 Å². The molecule has 0 aliphatic carbocycles. The quantitative estimate of drug-likeness (QED) is 0.762. The molecule has 2 N–H and O–H groups in total. The third kappa shape index (κ3) is 1.36. The maximum atomic E-state index is 12.9. The number of aryl methyl sites for hydroxylation is 1. The van der Waals surface area contributed by atoms with Gasteiger partial charge >= 0.3 is 0 Å². The first-order valence-corrected chi connectivity index (χ1v) is 7.22. The number of hydrogen-bond acceptors (Lipinski definition) is 5. The van der Waals surface area contributed by atoms with E-state index in [1.807, 2.05) is 25.1 Å². The number of carbonyl (C=O) groups excluding carboxylic acids is 1. The second kappa shape index (κ2) is 4.17. The summed E-state index contributed by atoms with van der Waals surface area (Å²) in [4.78, 5) is 17.2. The Morgan fingerprint density at radius 1 is 1.55 bits per heavy atom. The minimum absolute atomic E-state index is 0.191. The molecule has 6 heteroatoms. The highest BCUT2D eigenvalue weighted by Crippen LogP contribution is 2.53. The van der Waals surface area contributed by atoms with Gasteiger partial charge in [-0.3, -0.25) is 15.2 Å². The van der Waals surface area contributed by atoms with Crippen LogP contribution >= 0.6 is 0 Å². The summed E-state index contributed by atoms with van der Waals surface area (Å²) in [6.45, 7) is 2.51. The third-order valence-electron chi connectivity index (χ3n) is 4.84. The zero-order valence-electron chi connectivity index (χ0n) is 12.0. The molecule has 1 amide bonds. The van der Waals surface area contributed by atoms with Gasteiger partial charge in [0.15, 0.2) is 5.90 Å². The zero-order chi connectivity index (χ0) is 15.5. The highest BCUT2D eigenvalue weighted by molar-refractivity contribution is 6.15. The Bertz CT molecular complexity index is 792. The molecule has 4 rings (SSSR count). The highest BCUT2D eigenvalue weighted by Gasteiger charge is 2.64. The average Bonchev–Trinajstić information content (AvgIpc) is 3.04. The molecule has 6 nitrogen and oxygen atoms in total. The van der Waals surface area contributed by atoms with E-state index in [4.69, 9.17) is 10.1 Å². The molecule has 110 valence electrons. The van der Waals surface area contributed by atoms with Crippen LogP contribution in [-0.4, -0.2) is 24.2 Å². The molecule has 1 fully saturated rings. The summed E-state index contributed by atoms with van der Waals surface area (Å²) in [6, 6.07) is 7.84. The monoisotopic (exact) mass is 294 g/mol. The standard InChI is InChI=1S/C16H14N4O2/c1-8-2-3-12-10(6-8)16(15(21)20-12)9-4-5-19-14(9)22-13(18)11(16)7-17/h2-3,6,9,11,18H,4-5H2,1H3,(H,20,21). The van der Waals surface area contributed by atoms with E-state index in [9.17, 15) is 10.1 Å². The van der Waals surface area contributed by atoms with Crippen LogP contribution < -0.4 is 5.32 Å². The normalized spacial score (nSPS) is 31.9. The molecular formula is C16H14N4O2. The second-order valence-electron chi connectivity index (χ2n) is 5.96. The molecular weight excluding hydrogens is 280 g/mol. The van der Waals surface area contributed by atoms with Crippen molar-refractivity contribution in [1.82, 2.24) is 0 Å². The van der Waals surface area contributed by atoms with Gasteiger partial charge in [-0.2, -0.15) is 5.26 Å². The zero-order valence-corrected chi connectivity index (χ0v) is 12.0. The van der Waals surface area contributed by atoms with Crippen molar-refractivity contribution in [3.63, 3.8) is 0 Å². The van der Waals surface area contributed by atoms with Crippen LogP contribution in [0, 0.1) is 35.5 Å². The Kier molecular flexibility index (Phi) is 2.46. The molecule has 1 saturated heterocycles. The van der Waals surface area contributed by atoms with Gasteiger partial charge in [-0.15, -0.1) is 0 Å². The number of carbonyl (C=O) groups is 1. The van der Waals surface area contributed by atoms with Crippen molar-refractivity contribution in [2.45, 2.75) is 18.8 Å². The SMILES string of the molecule is Cc1ccc2c(c1)C1(C(=O)N2)C(C#N)C(=N)OC2=NCCC21. The number of ether oxygens (including phenoxy) is 1. The summed E-state index contributed by atoms with van der Waals surface area (Å²) >= 11 is 0. The number of amides is 1. The fourth-order valence-electron chi connectivity index (χ4n) is 3.89. The van der Waals surface area contributed by atoms with Gasteiger partial charge in [0.05, 0.1) is 12.0 Å². The molecule has 1 aromatic rings. The fourth-order valence-corrected chi connectivity index (χ4v) is 3.89. The van der Waals surface area contributed by atoms with Gasteiger partial charge in [-0.25, -0.2) is 0 Å². The van der Waals surface area contributed by atoms with Gasteiger partial charge in [-0.1, -0.05) is 17.7 Å². The lowest BCUT2D eigenvalue weighted by atomic mass is 9.61. The van der Waals surface area contributed by atoms with E-state index in [0.717, 1.165) is 16.8 Å². The number of nitriles is 1. The number of benzene rings is 1. The minimum atomic E-state index is -1.10. The Morgan fingerprint density at radius 2 is 2.36 bits per heavy atom. The van der Waals surface area contributed by atoms with Crippen LogP contribution in [0.5, 0.6) is 0 Å². The third-order valence-corrected chi connectivity index (χ3v) is 4.84. The number of anilines is 1. The molecule has 22 heavy (non-hydrogen) atoms. The van der Waals surface area contributed by atoms with Gasteiger partial charge in [-0.05, 0) is 25.0 Å². The van der Waals surface area contributed by atoms with E-state index < -0.39 is 11.3 Å². The van der Waals surface area contributed by atoms with E-state index in [2.05, 4.69) is 16.4 Å². The highest BCUT2D eigenvalue weighted by atomic mass is 16.5. The van der Waals surface area contributed by atoms with Crippen molar-refractivity contribution in [2.24, 2.45) is 16.8 Å². The predicted octanol–water partition coefficient (Wildman–Crippen LogP) is 1.75. The first-order valence-electron chi connectivity index (χ1n) is 7.22. The molecule has 3 aliphatic heterocycles. The van der Waals surface area contributed by atoms with Gasteiger partial charge in [0.25, 0.3) is 0 Å². The predicted molar refractivity (Wildman–Crippen MR) is 79.8 cm³/mol. The summed E-state index contributed by atoms with van der Waals surface area (Å²) in [5, 5.41) is 20.6. The first-order chi connectivity index (χ1) is 10.6. The van der Waals surface area contributed by atoms with Crippen LogP contribution in [-0.2, 0) is 14.9 Å². The lowest BCUT2D eigenvalue weighted by Crippen LogP contribution is -2.56. The molecule has 3 heterocycles. The lowest BCUT2D eigenvalue weighted by Gasteiger charge is -2.41. The second-order valence-corrected chi connectivity index (χ2v) is 5.96. The number of nitrogens with one attached hydrogen (secondary N) is 2. The summed E-state index contributed by atoms with van der Waals surface area (Å²) < 4.78 is 5.42. The van der Waals surface area contributed by atoms with E-state index in [1.54, 1.807) is 0 Å². The van der Waals surface area contributed by atoms with Crippen LogP contribution in [0.4, 0.5) is 5.69 Å². The number of hydrogen-bond donors (Lipinski definition) is 2. The summed E-state index contributed by atoms with van der Waals surface area (Å²) in [5.41, 5.74) is 1.43. The molecule has 3 atom stereocenters. The van der Waals surface area contributed by atoms with Gasteiger partial charge < -0.3 is 10.1 Å². The minimum Gasteiger partial charge on any atom is -0.428 e. The Hall–Kier alpha value is -2.68. The molecule has 0 saturated carbocycles. The Morgan fingerprint density at radius 3 is 3.14 bits per heavy atom. The van der Waals surface area contributed by atoms with Crippen LogP contribution in [0.15, 0.2) is 23.2 Å². The van der Waals surface area contributed by atoms with E-state index in [0.29, 0.717) is 18.9 Å². The average molecular weight is 294 g/mol. The number of nitrogens with zero attached hydrogens (tertiary/aromatic N) is 2. The van der Waals surface area contributed by atoms with Crippen molar-refractivity contribution in [2.75, 3.05) is 11.9 Å². The molecule has 1 aromatic carbocycles. The van der Waals surface area contributed by atoms with Crippen LogP contribution in [0.2, 0.25) is 0 Å². The molecule has 0 aromatic heterocycles. The molecule has 0 radical (unpaired) electrons. The van der Waals surface area contributed by atoms with Gasteiger partial charge in [0.2, 0.25) is 11.8 Å². The molecule has 1 spiro atoms. The van der Waals surface area contributed by atoms with Gasteiger partial charge in [0, 0.05) is 12.2 Å². The Balaban J connectivity index is 2.03. The van der Waals surface area contributed by atoms with Crippen molar-refractivity contribution >= 4 is 23.4 Å². The smallest absolute Gasteiger partial charge is 0.237 e. The maximum absolute atomic E-state index is 12.9. The molecule has 3 aliphatic rings. The number of rotatable bonds is 0. The topological polar surface area (TPSA) is 98.3 Å². The van der Waals surface area contributed by atoms with E-state index >= 15 is 0 Å². The van der Waals surface area contributed by atoms with Crippen molar-refractivity contribution in [3.05, 3.63) is 29.3 Å². The fraction of sp³-hybridized carbons (Fsp3) is 0.375. The van der Waals surface area contributed by atoms with Crippen molar-refractivity contribution < 1.29 is 9.53 Å². The van der Waals surface area contributed by atoms with Crippen LogP contribution in [0.25, 0.3) is 0 Å². The van der Waals surface area contributed by atoms with Crippen molar-refractivity contribution in [3.8, 4) is 6.07 Å². The number of fused-ring (bicyclic) bond motifs is 4. The maximum Gasteiger partial charge on any atom is 0.237 e. The summed E-state index contributed by atoms with van der Waals surface area (Å²) in [7, 11) is 0. The molecule has 0 bridgehead atoms. The van der Waals surface area contributed by atoms with E-state index in [-0.39, 0.29) is 17.7 Å². The van der Waals surface area contributed by atoms with Crippen LogP contribution in [0.1, 0.15) is 17.5 Å². The lowest BCUT2D eigenvalue weighted by molar-refractivity contribution is -0.123. The molecule has 3 unspecified atom stereocenters. The first kappa shape index (κ1) is 13.0. The summed E-state index contributed by atoms with van der Waals surface area (Å²) in [6.07, 6.45) is 0.654. The van der Waals surface area contributed by atoms with E-state index in [1.165, 1.54) is 0 Å². The number of aliphatic imine (C=N–C) groups is 1. The van der Waals surface area contributed by atoms with Crippen LogP contribution in [0.3, 0.4) is 0 Å².